The first-order chi connectivity index (χ1) is 27.0. The van der Waals surface area contributed by atoms with E-state index in [4.69, 9.17) is 0 Å². The lowest BCUT2D eigenvalue weighted by atomic mass is 9.82. The third-order valence-corrected chi connectivity index (χ3v) is 11.4. The Labute approximate surface area is 321 Å². The third-order valence-electron chi connectivity index (χ3n) is 11.4. The average molecular weight is 704 g/mol. The molecule has 260 valence electrons. The van der Waals surface area contributed by atoms with Gasteiger partial charge in [-0.2, -0.15) is 5.26 Å². The quantitative estimate of drug-likeness (QED) is 0.173. The Morgan fingerprint density at radius 3 is 1.71 bits per heavy atom. The fourth-order valence-electron chi connectivity index (χ4n) is 8.63. The van der Waals surface area contributed by atoms with Crippen LogP contribution in [0.15, 0.2) is 188 Å². The summed E-state index contributed by atoms with van der Waals surface area (Å²) in [6.07, 6.45) is 0. The van der Waals surface area contributed by atoms with Gasteiger partial charge in [0, 0.05) is 38.9 Å². The largest absolute Gasteiger partial charge is 0.310 e. The van der Waals surface area contributed by atoms with Crippen LogP contribution in [0.4, 0.5) is 17.1 Å². The van der Waals surface area contributed by atoms with Gasteiger partial charge in [0.05, 0.1) is 22.7 Å². The molecule has 3 nitrogen and oxygen atoms in total. The highest BCUT2D eigenvalue weighted by Gasteiger charge is 2.35. The summed E-state index contributed by atoms with van der Waals surface area (Å²) in [7, 11) is 0. The Kier molecular flexibility index (Phi) is 7.54. The lowest BCUT2D eigenvalue weighted by Gasteiger charge is -2.28. The van der Waals surface area contributed by atoms with E-state index in [0.29, 0.717) is 5.56 Å². The summed E-state index contributed by atoms with van der Waals surface area (Å²) in [6, 6.07) is 69.6. The van der Waals surface area contributed by atoms with Crippen LogP contribution in [0.3, 0.4) is 0 Å². The predicted octanol–water partition coefficient (Wildman–Crippen LogP) is 13.8. The number of para-hydroxylation sites is 2. The van der Waals surface area contributed by atoms with Crippen molar-refractivity contribution in [1.82, 2.24) is 4.57 Å². The zero-order chi connectivity index (χ0) is 37.1. The Morgan fingerprint density at radius 2 is 1.00 bits per heavy atom. The van der Waals surface area contributed by atoms with Gasteiger partial charge in [0.25, 0.3) is 0 Å². The Balaban J connectivity index is 1.06. The molecular formula is C52H37N3. The molecule has 0 N–H and O–H groups in total. The van der Waals surface area contributed by atoms with Gasteiger partial charge in [-0.3, -0.25) is 0 Å². The fraction of sp³-hybridized carbons (Fsp3) is 0.0577. The van der Waals surface area contributed by atoms with Crippen LogP contribution < -0.4 is 4.90 Å². The molecule has 1 aromatic heterocycles. The molecule has 0 bridgehead atoms. The first-order valence-corrected chi connectivity index (χ1v) is 18.8. The zero-order valence-corrected chi connectivity index (χ0v) is 30.7. The second-order valence-electron chi connectivity index (χ2n) is 14.9. The summed E-state index contributed by atoms with van der Waals surface area (Å²) >= 11 is 0. The number of hydrogen-bond donors (Lipinski definition) is 0. The van der Waals surface area contributed by atoms with Crippen LogP contribution in [0.1, 0.15) is 30.5 Å². The summed E-state index contributed by atoms with van der Waals surface area (Å²) in [5, 5.41) is 11.8. The predicted molar refractivity (Wildman–Crippen MR) is 229 cm³/mol. The van der Waals surface area contributed by atoms with Crippen molar-refractivity contribution in [2.45, 2.75) is 19.3 Å². The number of benzene rings is 8. The van der Waals surface area contributed by atoms with E-state index in [1.54, 1.807) is 0 Å². The first-order valence-electron chi connectivity index (χ1n) is 18.8. The summed E-state index contributed by atoms with van der Waals surface area (Å²) in [5.41, 5.74) is 17.3. The van der Waals surface area contributed by atoms with E-state index < -0.39 is 0 Å². The standard InChI is InChI=1S/C52H37N3/c1-52(2)48-14-8-6-12-44(48)45-30-29-43(33-49(45)52)54(41-25-20-37(21-26-41)36-18-16-35(34-53)17-19-36)42-27-22-38(23-28-42)39-24-31-51-47(32-39)46-13-7-9-15-50(46)55(51)40-10-4-3-5-11-40/h3-33H,1-2H3. The van der Waals surface area contributed by atoms with E-state index in [1.807, 2.05) is 24.3 Å². The Bertz CT molecular complexity index is 2930. The summed E-state index contributed by atoms with van der Waals surface area (Å²) in [6.45, 7) is 4.67. The van der Waals surface area contributed by atoms with Crippen LogP contribution in [-0.4, -0.2) is 4.57 Å². The normalized spacial score (nSPS) is 12.7. The molecule has 9 aromatic rings. The molecule has 1 aliphatic carbocycles. The molecule has 0 radical (unpaired) electrons. The SMILES string of the molecule is CC1(C)c2ccccc2-c2ccc(N(c3ccc(-c4ccc(C#N)cc4)cc3)c3ccc(-c4ccc5c(c4)c4ccccc4n5-c4ccccc4)cc3)cc21. The summed E-state index contributed by atoms with van der Waals surface area (Å²) < 4.78 is 2.36. The third kappa shape index (κ3) is 5.34. The van der Waals surface area contributed by atoms with Crippen molar-refractivity contribution in [1.29, 1.82) is 5.26 Å². The second-order valence-corrected chi connectivity index (χ2v) is 14.9. The van der Waals surface area contributed by atoms with Gasteiger partial charge in [-0.25, -0.2) is 0 Å². The number of nitriles is 1. The number of nitrogens with zero attached hydrogens (tertiary/aromatic N) is 3. The number of fused-ring (bicyclic) bond motifs is 6. The molecule has 8 aromatic carbocycles. The molecule has 0 saturated heterocycles. The van der Waals surface area contributed by atoms with Crippen molar-refractivity contribution < 1.29 is 0 Å². The molecule has 0 spiro atoms. The molecule has 0 fully saturated rings. The molecule has 0 saturated carbocycles. The van der Waals surface area contributed by atoms with Gasteiger partial charge >= 0.3 is 0 Å². The van der Waals surface area contributed by atoms with Crippen molar-refractivity contribution in [3.8, 4) is 45.1 Å². The molecule has 0 aliphatic heterocycles. The van der Waals surface area contributed by atoms with Gasteiger partial charge in [0.1, 0.15) is 0 Å². The molecular weight excluding hydrogens is 667 g/mol. The van der Waals surface area contributed by atoms with Crippen molar-refractivity contribution in [2.24, 2.45) is 0 Å². The van der Waals surface area contributed by atoms with Gasteiger partial charge < -0.3 is 9.47 Å². The topological polar surface area (TPSA) is 32.0 Å². The highest BCUT2D eigenvalue weighted by Crippen LogP contribution is 2.50. The highest BCUT2D eigenvalue weighted by molar-refractivity contribution is 6.10. The number of aromatic nitrogens is 1. The van der Waals surface area contributed by atoms with Crippen molar-refractivity contribution in [3.63, 3.8) is 0 Å². The van der Waals surface area contributed by atoms with Crippen LogP contribution in [0, 0.1) is 11.3 Å². The maximum absolute atomic E-state index is 9.30. The maximum atomic E-state index is 9.30. The van der Waals surface area contributed by atoms with Crippen LogP contribution in [0.2, 0.25) is 0 Å². The molecule has 55 heavy (non-hydrogen) atoms. The maximum Gasteiger partial charge on any atom is 0.0991 e. The Hall–Kier alpha value is -7.15. The number of rotatable bonds is 6. The van der Waals surface area contributed by atoms with Crippen LogP contribution in [-0.2, 0) is 5.41 Å². The number of anilines is 3. The van der Waals surface area contributed by atoms with E-state index in [1.165, 1.54) is 55.2 Å². The molecule has 3 heteroatoms. The molecule has 1 aliphatic rings. The van der Waals surface area contributed by atoms with Crippen molar-refractivity contribution in [2.75, 3.05) is 4.90 Å². The van der Waals surface area contributed by atoms with Crippen molar-refractivity contribution in [3.05, 3.63) is 205 Å². The molecule has 0 atom stereocenters. The zero-order valence-electron chi connectivity index (χ0n) is 30.7. The molecule has 0 amide bonds. The molecule has 1 heterocycles. The average Bonchev–Trinajstić information content (AvgIpc) is 3.69. The monoisotopic (exact) mass is 703 g/mol. The van der Waals surface area contributed by atoms with E-state index in [9.17, 15) is 5.26 Å². The lowest BCUT2D eigenvalue weighted by Crippen LogP contribution is -2.16. The van der Waals surface area contributed by atoms with Crippen LogP contribution >= 0.6 is 0 Å². The minimum Gasteiger partial charge on any atom is -0.310 e. The molecule has 0 unspecified atom stereocenters. The Morgan fingerprint density at radius 1 is 0.455 bits per heavy atom. The minimum atomic E-state index is -0.112. The fourth-order valence-corrected chi connectivity index (χ4v) is 8.63. The second kappa shape index (κ2) is 12.8. The van der Waals surface area contributed by atoms with E-state index in [-0.39, 0.29) is 5.41 Å². The molecule has 10 rings (SSSR count). The van der Waals surface area contributed by atoms with Crippen LogP contribution in [0.25, 0.3) is 60.9 Å². The van der Waals surface area contributed by atoms with Gasteiger partial charge in [0.15, 0.2) is 0 Å². The highest BCUT2D eigenvalue weighted by atomic mass is 15.1. The van der Waals surface area contributed by atoms with Crippen molar-refractivity contribution >= 4 is 38.9 Å². The van der Waals surface area contributed by atoms with Gasteiger partial charge in [-0.05, 0) is 123 Å². The first kappa shape index (κ1) is 32.5. The van der Waals surface area contributed by atoms with E-state index in [2.05, 4.69) is 193 Å². The number of hydrogen-bond acceptors (Lipinski definition) is 2. The van der Waals surface area contributed by atoms with Crippen LogP contribution in [0.5, 0.6) is 0 Å². The van der Waals surface area contributed by atoms with Gasteiger partial charge in [0.2, 0.25) is 0 Å². The summed E-state index contributed by atoms with van der Waals surface area (Å²) in [4.78, 5) is 2.36. The summed E-state index contributed by atoms with van der Waals surface area (Å²) in [5.74, 6) is 0. The van der Waals surface area contributed by atoms with Gasteiger partial charge in [-0.15, -0.1) is 0 Å². The minimum absolute atomic E-state index is 0.112. The van der Waals surface area contributed by atoms with E-state index in [0.717, 1.165) is 33.9 Å². The van der Waals surface area contributed by atoms with E-state index >= 15 is 0 Å². The van der Waals surface area contributed by atoms with Gasteiger partial charge in [-0.1, -0.05) is 123 Å². The lowest BCUT2D eigenvalue weighted by molar-refractivity contribution is 0.660. The smallest absolute Gasteiger partial charge is 0.0991 e.